The Morgan fingerprint density at radius 2 is 2.00 bits per heavy atom. The first kappa shape index (κ1) is 10.1. The van der Waals surface area contributed by atoms with Crippen LogP contribution >= 0.6 is 0 Å². The molecule has 0 aliphatic carbocycles. The number of hydrogen-bond acceptors (Lipinski definition) is 2. The molecule has 1 heterocycles. The first-order chi connectivity index (χ1) is 5.95. The van der Waals surface area contributed by atoms with Gasteiger partial charge in [-0.3, -0.25) is 0 Å². The summed E-state index contributed by atoms with van der Waals surface area (Å²) in [7, 11) is 1.25. The van der Waals surface area contributed by atoms with Gasteiger partial charge in [0, 0.05) is 0 Å². The summed E-state index contributed by atoms with van der Waals surface area (Å²) in [6.07, 6.45) is -4.32. The Balaban J connectivity index is 2.91. The van der Waals surface area contributed by atoms with Crippen molar-refractivity contribution in [2.24, 2.45) is 0 Å². The SMILES string of the molecule is CNC(c1ccc(C)o1)C(F)(F)F. The van der Waals surface area contributed by atoms with E-state index < -0.39 is 12.2 Å². The van der Waals surface area contributed by atoms with Gasteiger partial charge in [-0.25, -0.2) is 0 Å². The van der Waals surface area contributed by atoms with Crippen LogP contribution in [0.25, 0.3) is 0 Å². The summed E-state index contributed by atoms with van der Waals surface area (Å²) in [6.45, 7) is 1.60. The first-order valence-electron chi connectivity index (χ1n) is 3.75. The predicted molar refractivity (Wildman–Crippen MR) is 41.3 cm³/mol. The van der Waals surface area contributed by atoms with Gasteiger partial charge in [0.2, 0.25) is 0 Å². The quantitative estimate of drug-likeness (QED) is 0.780. The number of rotatable bonds is 2. The second-order valence-electron chi connectivity index (χ2n) is 2.71. The molecule has 74 valence electrons. The van der Waals surface area contributed by atoms with Gasteiger partial charge in [0.15, 0.2) is 6.04 Å². The minimum Gasteiger partial charge on any atom is -0.464 e. The Hall–Kier alpha value is -0.970. The second kappa shape index (κ2) is 3.41. The van der Waals surface area contributed by atoms with E-state index in [1.165, 1.54) is 19.2 Å². The van der Waals surface area contributed by atoms with Crippen LogP contribution in [0.15, 0.2) is 16.5 Å². The highest BCUT2D eigenvalue weighted by atomic mass is 19.4. The van der Waals surface area contributed by atoms with Gasteiger partial charge in [0.25, 0.3) is 0 Å². The van der Waals surface area contributed by atoms with Crippen LogP contribution in [-0.2, 0) is 0 Å². The molecule has 0 saturated carbocycles. The minimum atomic E-state index is -4.32. The van der Waals surface area contributed by atoms with Crippen molar-refractivity contribution in [1.82, 2.24) is 5.32 Å². The summed E-state index contributed by atoms with van der Waals surface area (Å²) >= 11 is 0. The van der Waals surface area contributed by atoms with Crippen LogP contribution in [0.4, 0.5) is 13.2 Å². The van der Waals surface area contributed by atoms with Crippen LogP contribution in [0.5, 0.6) is 0 Å². The van der Waals surface area contributed by atoms with E-state index >= 15 is 0 Å². The van der Waals surface area contributed by atoms with Crippen molar-refractivity contribution in [3.8, 4) is 0 Å². The van der Waals surface area contributed by atoms with Crippen molar-refractivity contribution in [2.45, 2.75) is 19.1 Å². The highest BCUT2D eigenvalue weighted by molar-refractivity contribution is 5.11. The maximum atomic E-state index is 12.3. The zero-order valence-electron chi connectivity index (χ0n) is 7.27. The van der Waals surface area contributed by atoms with E-state index in [1.54, 1.807) is 6.92 Å². The number of aryl methyl sites for hydroxylation is 1. The highest BCUT2D eigenvalue weighted by Gasteiger charge is 2.41. The molecule has 1 N–H and O–H groups in total. The minimum absolute atomic E-state index is 0.104. The molecule has 0 bridgehead atoms. The van der Waals surface area contributed by atoms with Gasteiger partial charge in [-0.15, -0.1) is 0 Å². The van der Waals surface area contributed by atoms with E-state index in [2.05, 4.69) is 5.32 Å². The number of alkyl halides is 3. The smallest absolute Gasteiger partial charge is 0.410 e. The topological polar surface area (TPSA) is 25.2 Å². The predicted octanol–water partition coefficient (Wildman–Crippen LogP) is 2.41. The monoisotopic (exact) mass is 193 g/mol. The van der Waals surface area contributed by atoms with Gasteiger partial charge >= 0.3 is 6.18 Å². The lowest BCUT2D eigenvalue weighted by atomic mass is 10.2. The molecule has 0 aromatic carbocycles. The van der Waals surface area contributed by atoms with Crippen LogP contribution in [0.2, 0.25) is 0 Å². The molecular weight excluding hydrogens is 183 g/mol. The van der Waals surface area contributed by atoms with E-state index in [0.717, 1.165) is 0 Å². The lowest BCUT2D eigenvalue weighted by Crippen LogP contribution is -2.31. The van der Waals surface area contributed by atoms with Gasteiger partial charge < -0.3 is 9.73 Å². The van der Waals surface area contributed by atoms with Crippen molar-refractivity contribution in [2.75, 3.05) is 7.05 Å². The molecule has 0 amide bonds. The Bertz CT molecular complexity index is 279. The molecule has 0 radical (unpaired) electrons. The Morgan fingerprint density at radius 3 is 2.31 bits per heavy atom. The van der Waals surface area contributed by atoms with Crippen LogP contribution in [0.1, 0.15) is 17.6 Å². The summed E-state index contributed by atoms with van der Waals surface area (Å²) in [4.78, 5) is 0. The molecule has 1 aromatic rings. The van der Waals surface area contributed by atoms with Crippen LogP contribution < -0.4 is 5.32 Å². The molecule has 0 saturated heterocycles. The molecule has 1 atom stereocenters. The number of nitrogens with one attached hydrogen (secondary N) is 1. The second-order valence-corrected chi connectivity index (χ2v) is 2.71. The maximum Gasteiger partial charge on any atom is 0.410 e. The van der Waals surface area contributed by atoms with Crippen molar-refractivity contribution in [1.29, 1.82) is 0 Å². The van der Waals surface area contributed by atoms with Gasteiger partial charge in [0.1, 0.15) is 11.5 Å². The zero-order chi connectivity index (χ0) is 10.1. The molecule has 1 unspecified atom stereocenters. The summed E-state index contributed by atoms with van der Waals surface area (Å²) in [6, 6.07) is 1.11. The zero-order valence-corrected chi connectivity index (χ0v) is 7.27. The molecule has 2 nitrogen and oxygen atoms in total. The summed E-state index contributed by atoms with van der Waals surface area (Å²) in [5.74, 6) is 0.368. The fourth-order valence-electron chi connectivity index (χ4n) is 1.08. The van der Waals surface area contributed by atoms with Gasteiger partial charge in [-0.05, 0) is 26.1 Å². The van der Waals surface area contributed by atoms with E-state index in [9.17, 15) is 13.2 Å². The lowest BCUT2D eigenvalue weighted by molar-refractivity contribution is -0.160. The molecular formula is C8H10F3NO. The Kier molecular flexibility index (Phi) is 2.66. The fourth-order valence-corrected chi connectivity index (χ4v) is 1.08. The number of furan rings is 1. The largest absolute Gasteiger partial charge is 0.464 e. The molecule has 0 aliphatic rings. The third-order valence-electron chi connectivity index (χ3n) is 1.66. The van der Waals surface area contributed by atoms with Crippen LogP contribution in [0.3, 0.4) is 0 Å². The van der Waals surface area contributed by atoms with E-state index in [-0.39, 0.29) is 5.76 Å². The van der Waals surface area contributed by atoms with Crippen LogP contribution in [0, 0.1) is 6.92 Å². The maximum absolute atomic E-state index is 12.3. The fraction of sp³-hybridized carbons (Fsp3) is 0.500. The first-order valence-corrected chi connectivity index (χ1v) is 3.75. The summed E-state index contributed by atoms with van der Waals surface area (Å²) < 4.78 is 41.8. The Labute approximate surface area is 73.7 Å². The number of halogens is 3. The molecule has 1 rings (SSSR count). The summed E-state index contributed by atoms with van der Waals surface area (Å²) in [5, 5.41) is 2.15. The molecule has 0 fully saturated rings. The van der Waals surface area contributed by atoms with Gasteiger partial charge in [-0.1, -0.05) is 0 Å². The molecule has 5 heteroatoms. The van der Waals surface area contributed by atoms with Crippen molar-refractivity contribution >= 4 is 0 Å². The third kappa shape index (κ3) is 2.24. The van der Waals surface area contributed by atoms with E-state index in [4.69, 9.17) is 4.42 Å². The normalized spacial score (nSPS) is 14.5. The molecule has 1 aromatic heterocycles. The van der Waals surface area contributed by atoms with Crippen LogP contribution in [-0.4, -0.2) is 13.2 Å². The molecule has 13 heavy (non-hydrogen) atoms. The lowest BCUT2D eigenvalue weighted by Gasteiger charge is -2.16. The Morgan fingerprint density at radius 1 is 1.38 bits per heavy atom. The average Bonchev–Trinajstić information content (AvgIpc) is 2.34. The highest BCUT2D eigenvalue weighted by Crippen LogP contribution is 2.32. The van der Waals surface area contributed by atoms with Gasteiger partial charge in [-0.2, -0.15) is 13.2 Å². The molecule has 0 spiro atoms. The van der Waals surface area contributed by atoms with Crippen molar-refractivity contribution in [3.63, 3.8) is 0 Å². The summed E-state index contributed by atoms with van der Waals surface area (Å²) in [5.41, 5.74) is 0. The molecule has 0 aliphatic heterocycles. The van der Waals surface area contributed by atoms with Crippen molar-refractivity contribution < 1.29 is 17.6 Å². The average molecular weight is 193 g/mol. The van der Waals surface area contributed by atoms with Gasteiger partial charge in [0.05, 0.1) is 0 Å². The standard InChI is InChI=1S/C8H10F3NO/c1-5-3-4-6(13-5)7(12-2)8(9,10)11/h3-4,7,12H,1-2H3. The third-order valence-corrected chi connectivity index (χ3v) is 1.66. The van der Waals surface area contributed by atoms with E-state index in [0.29, 0.717) is 5.76 Å². The van der Waals surface area contributed by atoms with E-state index in [1.807, 2.05) is 0 Å². The number of hydrogen-bond donors (Lipinski definition) is 1. The van der Waals surface area contributed by atoms with Crippen molar-refractivity contribution in [3.05, 3.63) is 23.7 Å².